The van der Waals surface area contributed by atoms with E-state index in [4.69, 9.17) is 10.5 Å². The molecule has 2 aromatic carbocycles. The Labute approximate surface area is 162 Å². The number of hydrogen-bond acceptors (Lipinski definition) is 6. The van der Waals surface area contributed by atoms with Crippen molar-refractivity contribution < 1.29 is 14.2 Å². The van der Waals surface area contributed by atoms with Crippen LogP contribution in [0.2, 0.25) is 0 Å². The van der Waals surface area contributed by atoms with Crippen molar-refractivity contribution in [2.75, 3.05) is 23.7 Å². The van der Waals surface area contributed by atoms with Crippen LogP contribution in [0.1, 0.15) is 29.2 Å². The molecule has 2 heterocycles. The van der Waals surface area contributed by atoms with Gasteiger partial charge in [-0.2, -0.15) is 0 Å². The molecule has 0 spiro atoms. The molecule has 7 heteroatoms. The summed E-state index contributed by atoms with van der Waals surface area (Å²) < 4.78 is 20.8. The molecule has 1 fully saturated rings. The predicted octanol–water partition coefficient (Wildman–Crippen LogP) is 3.01. The molecule has 1 aliphatic rings. The molecule has 1 aromatic heterocycles. The molecule has 6 nitrogen and oxygen atoms in total. The zero-order chi connectivity index (χ0) is 19.5. The molecular formula is C21H21FN4O2. The van der Waals surface area contributed by atoms with Crippen molar-refractivity contribution in [2.24, 2.45) is 0 Å². The Balaban J connectivity index is 1.71. The highest BCUT2D eigenvalue weighted by Gasteiger charge is 2.32. The van der Waals surface area contributed by atoms with Crippen molar-refractivity contribution in [3.05, 3.63) is 83.7 Å². The van der Waals surface area contributed by atoms with Crippen molar-refractivity contribution in [2.45, 2.75) is 18.8 Å². The lowest BCUT2D eigenvalue weighted by Crippen LogP contribution is -2.41. The quantitative estimate of drug-likeness (QED) is 0.677. The second kappa shape index (κ2) is 7.92. The van der Waals surface area contributed by atoms with Gasteiger partial charge in [0, 0.05) is 24.6 Å². The minimum atomic E-state index is -0.432. The summed E-state index contributed by atoms with van der Waals surface area (Å²) in [6.07, 6.45) is 2.55. The van der Waals surface area contributed by atoms with Gasteiger partial charge in [0.15, 0.2) is 5.82 Å². The molecule has 0 aliphatic carbocycles. The minimum Gasteiger partial charge on any atom is -0.399 e. The number of hydrogen-bond donors (Lipinski definition) is 2. The van der Waals surface area contributed by atoms with Gasteiger partial charge < -0.3 is 20.5 Å². The van der Waals surface area contributed by atoms with Gasteiger partial charge in [-0.3, -0.25) is 0 Å². The molecule has 1 saturated heterocycles. The first-order valence-corrected chi connectivity index (χ1v) is 9.06. The molecule has 0 bridgehead atoms. The van der Waals surface area contributed by atoms with E-state index in [1.54, 1.807) is 30.6 Å². The van der Waals surface area contributed by atoms with Gasteiger partial charge in [-0.15, -0.1) is 0 Å². The molecule has 2 atom stereocenters. The van der Waals surface area contributed by atoms with E-state index >= 15 is 0 Å². The van der Waals surface area contributed by atoms with Gasteiger partial charge in [-0.1, -0.05) is 24.3 Å². The van der Waals surface area contributed by atoms with Crippen molar-refractivity contribution in [1.82, 2.24) is 9.97 Å². The normalized spacial score (nSPS) is 19.6. The molecular weight excluding hydrogens is 359 g/mol. The first kappa shape index (κ1) is 18.3. The van der Waals surface area contributed by atoms with Crippen LogP contribution in [0.5, 0.6) is 0 Å². The number of halogens is 1. The summed E-state index contributed by atoms with van der Waals surface area (Å²) in [4.78, 5) is 10.5. The Morgan fingerprint density at radius 1 is 1.07 bits per heavy atom. The lowest BCUT2D eigenvalue weighted by atomic mass is 10.0. The summed E-state index contributed by atoms with van der Waals surface area (Å²) in [6, 6.07) is 13.8. The second-order valence-electron chi connectivity index (χ2n) is 6.74. The Hall–Kier alpha value is -3.03. The van der Waals surface area contributed by atoms with E-state index in [-0.39, 0.29) is 18.5 Å². The highest BCUT2D eigenvalue weighted by atomic mass is 19.1. The fourth-order valence-corrected chi connectivity index (χ4v) is 3.42. The van der Waals surface area contributed by atoms with Gasteiger partial charge >= 0.3 is 0 Å². The van der Waals surface area contributed by atoms with E-state index in [0.717, 1.165) is 11.1 Å². The van der Waals surface area contributed by atoms with E-state index in [1.165, 1.54) is 6.07 Å². The van der Waals surface area contributed by atoms with E-state index in [2.05, 4.69) is 9.97 Å². The average molecular weight is 380 g/mol. The molecule has 0 radical (unpaired) electrons. The molecule has 1 aliphatic heterocycles. The molecule has 0 saturated carbocycles. The van der Waals surface area contributed by atoms with E-state index in [1.807, 2.05) is 29.2 Å². The van der Waals surface area contributed by atoms with Gasteiger partial charge in [-0.05, 0) is 35.4 Å². The first-order chi connectivity index (χ1) is 13.6. The largest absolute Gasteiger partial charge is 0.399 e. The fourth-order valence-electron chi connectivity index (χ4n) is 3.42. The summed E-state index contributed by atoms with van der Waals surface area (Å²) in [5.74, 6) is 0.200. The van der Waals surface area contributed by atoms with Crippen LogP contribution in [0.4, 0.5) is 15.8 Å². The fraction of sp³-hybridized carbons (Fsp3) is 0.238. The zero-order valence-electron chi connectivity index (χ0n) is 15.2. The number of aliphatic hydroxyl groups is 1. The number of nitrogen functional groups attached to an aromatic ring is 1. The lowest BCUT2D eigenvalue weighted by molar-refractivity contribution is -0.0339. The highest BCUT2D eigenvalue weighted by Crippen LogP contribution is 2.35. The maximum atomic E-state index is 14.5. The predicted molar refractivity (Wildman–Crippen MR) is 104 cm³/mol. The highest BCUT2D eigenvalue weighted by molar-refractivity contribution is 5.57. The van der Waals surface area contributed by atoms with Crippen LogP contribution < -0.4 is 10.6 Å². The van der Waals surface area contributed by atoms with Gasteiger partial charge in [0.25, 0.3) is 0 Å². The third-order valence-corrected chi connectivity index (χ3v) is 4.79. The van der Waals surface area contributed by atoms with Crippen LogP contribution in [0.25, 0.3) is 0 Å². The first-order valence-electron chi connectivity index (χ1n) is 9.06. The van der Waals surface area contributed by atoms with Gasteiger partial charge in [0.1, 0.15) is 18.0 Å². The van der Waals surface area contributed by atoms with Crippen LogP contribution in [0.15, 0.2) is 60.9 Å². The van der Waals surface area contributed by atoms with Gasteiger partial charge in [0.2, 0.25) is 0 Å². The number of aromatic nitrogens is 2. The maximum absolute atomic E-state index is 14.5. The number of anilines is 2. The summed E-state index contributed by atoms with van der Waals surface area (Å²) in [5, 5.41) is 9.45. The summed E-state index contributed by atoms with van der Waals surface area (Å²) in [6.45, 7) is 0.790. The van der Waals surface area contributed by atoms with Crippen molar-refractivity contribution in [3.8, 4) is 0 Å². The second-order valence-corrected chi connectivity index (χ2v) is 6.74. The smallest absolute Gasteiger partial charge is 0.158 e. The van der Waals surface area contributed by atoms with E-state index in [0.29, 0.717) is 30.3 Å². The van der Waals surface area contributed by atoms with Gasteiger partial charge in [-0.25, -0.2) is 14.4 Å². The number of rotatable bonds is 4. The number of nitrogens with zero attached hydrogens (tertiary/aromatic N) is 3. The summed E-state index contributed by atoms with van der Waals surface area (Å²) in [7, 11) is 0. The van der Waals surface area contributed by atoms with E-state index in [9.17, 15) is 9.50 Å². The van der Waals surface area contributed by atoms with Crippen LogP contribution in [0, 0.1) is 5.82 Å². The van der Waals surface area contributed by atoms with Crippen LogP contribution in [0.3, 0.4) is 0 Å². The Morgan fingerprint density at radius 2 is 1.86 bits per heavy atom. The molecule has 2 unspecified atom stereocenters. The molecule has 3 aromatic rings. The van der Waals surface area contributed by atoms with Gasteiger partial charge in [0.05, 0.1) is 18.8 Å². The lowest BCUT2D eigenvalue weighted by Gasteiger charge is -2.39. The average Bonchev–Trinajstić information content (AvgIpc) is 2.75. The Bertz CT molecular complexity index is 954. The molecule has 3 N–H and O–H groups in total. The topological polar surface area (TPSA) is 84.5 Å². The summed E-state index contributed by atoms with van der Waals surface area (Å²) >= 11 is 0. The van der Waals surface area contributed by atoms with Crippen molar-refractivity contribution >= 4 is 11.4 Å². The number of aliphatic hydroxyl groups excluding tert-OH is 1. The number of nitrogens with two attached hydrogens (primary N) is 1. The third kappa shape index (κ3) is 3.81. The minimum absolute atomic E-state index is 0.0562. The SMILES string of the molecule is Nc1ccc(F)c(N2CC(c3cccc(CO)c3)OC(c3ncccn3)C2)c1. The molecule has 0 amide bonds. The van der Waals surface area contributed by atoms with Crippen molar-refractivity contribution in [1.29, 1.82) is 0 Å². The molecule has 28 heavy (non-hydrogen) atoms. The van der Waals surface area contributed by atoms with Crippen LogP contribution in [-0.2, 0) is 11.3 Å². The standard InChI is InChI=1S/C21H21FN4O2/c22-17-6-5-16(23)10-18(17)26-11-19(15-4-1-3-14(9-15)13-27)28-20(12-26)21-24-7-2-8-25-21/h1-10,19-20,27H,11-13,23H2. The maximum Gasteiger partial charge on any atom is 0.158 e. The Kier molecular flexibility index (Phi) is 5.18. The van der Waals surface area contributed by atoms with Crippen molar-refractivity contribution in [3.63, 3.8) is 0 Å². The zero-order valence-corrected chi connectivity index (χ0v) is 15.2. The van der Waals surface area contributed by atoms with Crippen LogP contribution in [-0.4, -0.2) is 28.2 Å². The van der Waals surface area contributed by atoms with Crippen LogP contribution >= 0.6 is 0 Å². The summed E-state index contributed by atoms with van der Waals surface area (Å²) in [5.41, 5.74) is 8.50. The number of ether oxygens (including phenoxy) is 1. The van der Waals surface area contributed by atoms with E-state index < -0.39 is 6.10 Å². The Morgan fingerprint density at radius 3 is 2.64 bits per heavy atom. The third-order valence-electron chi connectivity index (χ3n) is 4.79. The molecule has 4 rings (SSSR count). The monoisotopic (exact) mass is 380 g/mol. The molecule has 144 valence electrons. The number of morpholine rings is 1. The number of benzene rings is 2.